The van der Waals surface area contributed by atoms with E-state index >= 15 is 0 Å². The van der Waals surface area contributed by atoms with Crippen molar-refractivity contribution >= 4 is 55.2 Å². The average molecular weight is 456 g/mol. The summed E-state index contributed by atoms with van der Waals surface area (Å²) >= 11 is 7.79. The van der Waals surface area contributed by atoms with E-state index in [1.165, 1.54) is 11.3 Å². The number of amides is 1. The van der Waals surface area contributed by atoms with Crippen LogP contribution in [0.4, 0.5) is 5.13 Å². The molecule has 0 spiro atoms. The monoisotopic (exact) mass is 455 g/mol. The van der Waals surface area contributed by atoms with Gasteiger partial charge in [0.25, 0.3) is 5.91 Å². The van der Waals surface area contributed by atoms with E-state index in [-0.39, 0.29) is 5.91 Å². The van der Waals surface area contributed by atoms with Crippen LogP contribution in [0.3, 0.4) is 0 Å². The predicted octanol–water partition coefficient (Wildman–Crippen LogP) is 4.50. The van der Waals surface area contributed by atoms with Crippen LogP contribution in [0.5, 0.6) is 5.75 Å². The molecule has 0 fully saturated rings. The molecule has 0 radical (unpaired) electrons. The molecule has 1 amide bonds. The number of fused-ring (bicyclic) bond motifs is 2. The minimum atomic E-state index is -0.138. The topological polar surface area (TPSA) is 71.5 Å². The summed E-state index contributed by atoms with van der Waals surface area (Å²) in [4.78, 5) is 30.7. The lowest BCUT2D eigenvalue weighted by Crippen LogP contribution is -2.33. The zero-order valence-electron chi connectivity index (χ0n) is 17.5. The molecule has 0 N–H and O–H groups in total. The van der Waals surface area contributed by atoms with Crippen molar-refractivity contribution in [2.45, 2.75) is 6.42 Å². The molecule has 0 aliphatic rings. The Labute approximate surface area is 189 Å². The van der Waals surface area contributed by atoms with Crippen molar-refractivity contribution in [3.8, 4) is 5.75 Å². The highest BCUT2D eigenvalue weighted by Crippen LogP contribution is 2.39. The lowest BCUT2D eigenvalue weighted by atomic mass is 10.1. The van der Waals surface area contributed by atoms with Crippen LogP contribution >= 0.6 is 22.9 Å². The third-order valence-corrected chi connectivity index (χ3v) is 6.39. The number of anilines is 1. The van der Waals surface area contributed by atoms with Gasteiger partial charge in [-0.3, -0.25) is 19.7 Å². The van der Waals surface area contributed by atoms with E-state index in [9.17, 15) is 4.79 Å². The van der Waals surface area contributed by atoms with Gasteiger partial charge in [0.2, 0.25) is 0 Å². The molecule has 0 atom stereocenters. The van der Waals surface area contributed by atoms with Gasteiger partial charge in [-0.1, -0.05) is 22.9 Å². The Balaban J connectivity index is 1.75. The van der Waals surface area contributed by atoms with Gasteiger partial charge in [0.15, 0.2) is 5.13 Å². The fraction of sp³-hybridized carbons (Fsp3) is 0.273. The maximum absolute atomic E-state index is 13.5. The minimum Gasteiger partial charge on any atom is -0.494 e. The van der Waals surface area contributed by atoms with Crippen molar-refractivity contribution in [3.05, 3.63) is 53.3 Å². The van der Waals surface area contributed by atoms with Gasteiger partial charge < -0.3 is 9.64 Å². The number of halogens is 1. The minimum absolute atomic E-state index is 0.138. The van der Waals surface area contributed by atoms with Crippen LogP contribution in [-0.2, 0) is 0 Å². The summed E-state index contributed by atoms with van der Waals surface area (Å²) in [5.74, 6) is 0.490. The Morgan fingerprint density at radius 2 is 1.87 bits per heavy atom. The molecule has 4 rings (SSSR count). The second-order valence-corrected chi connectivity index (χ2v) is 8.68. The summed E-state index contributed by atoms with van der Waals surface area (Å²) in [5, 5.41) is 1.17. The highest BCUT2D eigenvalue weighted by molar-refractivity contribution is 7.23. The summed E-state index contributed by atoms with van der Waals surface area (Å²) in [5.41, 5.74) is 2.62. The van der Waals surface area contributed by atoms with Crippen LogP contribution in [0.2, 0.25) is 5.02 Å². The Kier molecular flexibility index (Phi) is 6.31. The number of hydrogen-bond donors (Lipinski definition) is 0. The summed E-state index contributed by atoms with van der Waals surface area (Å²) in [6, 6.07) is 8.93. The van der Waals surface area contributed by atoms with Gasteiger partial charge in [-0.05, 0) is 57.4 Å². The van der Waals surface area contributed by atoms with E-state index in [2.05, 4.69) is 14.9 Å². The quantitative estimate of drug-likeness (QED) is 0.408. The van der Waals surface area contributed by atoms with E-state index in [4.69, 9.17) is 21.3 Å². The molecule has 4 aromatic rings. The maximum atomic E-state index is 13.5. The van der Waals surface area contributed by atoms with Gasteiger partial charge in [-0.2, -0.15) is 0 Å². The molecule has 0 saturated heterocycles. The van der Waals surface area contributed by atoms with Gasteiger partial charge in [-0.15, -0.1) is 0 Å². The molecule has 9 heteroatoms. The molecule has 7 nitrogen and oxygen atoms in total. The second-order valence-electron chi connectivity index (χ2n) is 7.30. The average Bonchev–Trinajstić information content (AvgIpc) is 3.22. The zero-order chi connectivity index (χ0) is 22.0. The molecule has 2 heterocycles. The van der Waals surface area contributed by atoms with Crippen molar-refractivity contribution in [1.29, 1.82) is 0 Å². The highest BCUT2D eigenvalue weighted by atomic mass is 35.5. The summed E-state index contributed by atoms with van der Waals surface area (Å²) in [6.45, 7) is 1.37. The van der Waals surface area contributed by atoms with Crippen molar-refractivity contribution < 1.29 is 9.53 Å². The molecule has 2 aromatic carbocycles. The third-order valence-electron chi connectivity index (χ3n) is 4.85. The molecule has 160 valence electrons. The van der Waals surface area contributed by atoms with Gasteiger partial charge in [0, 0.05) is 24.5 Å². The highest BCUT2D eigenvalue weighted by Gasteiger charge is 2.23. The molecule has 0 bridgehead atoms. The SMILES string of the molecule is COc1ccc(Cl)c2sc(N(CCCN(C)C)C(=O)c3ccc4nccnc4c3)nc12. The first-order chi connectivity index (χ1) is 15.0. The van der Waals surface area contributed by atoms with E-state index in [0.717, 1.165) is 23.2 Å². The third kappa shape index (κ3) is 4.46. The Bertz CT molecular complexity index is 1240. The fourth-order valence-corrected chi connectivity index (χ4v) is 4.58. The van der Waals surface area contributed by atoms with Crippen LogP contribution in [-0.4, -0.2) is 60.1 Å². The largest absolute Gasteiger partial charge is 0.494 e. The lowest BCUT2D eigenvalue weighted by molar-refractivity contribution is 0.0986. The van der Waals surface area contributed by atoms with E-state index in [1.54, 1.807) is 48.7 Å². The number of aromatic nitrogens is 3. The Hall–Kier alpha value is -2.81. The normalized spacial score (nSPS) is 11.4. The summed E-state index contributed by atoms with van der Waals surface area (Å²) in [6.07, 6.45) is 4.05. The molecular formula is C22H22ClN5O2S. The van der Waals surface area contributed by atoms with Crippen LogP contribution in [0.25, 0.3) is 21.3 Å². The Morgan fingerprint density at radius 3 is 2.61 bits per heavy atom. The number of carbonyl (C=O) groups is 1. The van der Waals surface area contributed by atoms with Crippen LogP contribution in [0.15, 0.2) is 42.7 Å². The van der Waals surface area contributed by atoms with Crippen LogP contribution in [0.1, 0.15) is 16.8 Å². The van der Waals surface area contributed by atoms with Gasteiger partial charge in [0.1, 0.15) is 11.3 Å². The first-order valence-corrected chi connectivity index (χ1v) is 11.0. The molecule has 0 saturated carbocycles. The van der Waals surface area contributed by atoms with E-state index in [1.807, 2.05) is 20.2 Å². The first-order valence-electron chi connectivity index (χ1n) is 9.78. The number of ether oxygens (including phenoxy) is 1. The first kappa shape index (κ1) is 21.4. The number of nitrogens with zero attached hydrogens (tertiary/aromatic N) is 5. The van der Waals surface area contributed by atoms with Gasteiger partial charge in [-0.25, -0.2) is 4.98 Å². The summed E-state index contributed by atoms with van der Waals surface area (Å²) in [7, 11) is 5.62. The van der Waals surface area contributed by atoms with Crippen molar-refractivity contribution in [2.75, 3.05) is 39.2 Å². The number of carbonyl (C=O) groups excluding carboxylic acids is 1. The van der Waals surface area contributed by atoms with Gasteiger partial charge >= 0.3 is 0 Å². The van der Waals surface area contributed by atoms with Crippen molar-refractivity contribution in [2.24, 2.45) is 0 Å². The number of rotatable bonds is 7. The zero-order valence-corrected chi connectivity index (χ0v) is 19.1. The van der Waals surface area contributed by atoms with E-state index in [0.29, 0.717) is 39.0 Å². The Morgan fingerprint density at radius 1 is 1.10 bits per heavy atom. The molecule has 0 aliphatic carbocycles. The van der Waals surface area contributed by atoms with Gasteiger partial charge in [0.05, 0.1) is 27.9 Å². The lowest BCUT2D eigenvalue weighted by Gasteiger charge is -2.21. The second kappa shape index (κ2) is 9.13. The van der Waals surface area contributed by atoms with E-state index < -0.39 is 0 Å². The smallest absolute Gasteiger partial charge is 0.260 e. The van der Waals surface area contributed by atoms with Crippen molar-refractivity contribution in [1.82, 2.24) is 19.9 Å². The predicted molar refractivity (Wildman–Crippen MR) is 126 cm³/mol. The molecule has 31 heavy (non-hydrogen) atoms. The van der Waals surface area contributed by atoms with Crippen molar-refractivity contribution in [3.63, 3.8) is 0 Å². The summed E-state index contributed by atoms with van der Waals surface area (Å²) < 4.78 is 6.24. The number of methoxy groups -OCH3 is 1. The molecular weight excluding hydrogens is 434 g/mol. The molecule has 0 unspecified atom stereocenters. The van der Waals surface area contributed by atoms with Crippen LogP contribution < -0.4 is 9.64 Å². The number of hydrogen-bond acceptors (Lipinski definition) is 7. The fourth-order valence-electron chi connectivity index (χ4n) is 3.30. The molecule has 0 aliphatic heterocycles. The standard InChI is InChI=1S/C22H22ClN5O2S/c1-27(2)11-4-12-28(21(29)14-5-7-16-17(13-14)25-10-9-24-16)22-26-19-18(30-3)8-6-15(23)20(19)31-22/h5-10,13H,4,11-12H2,1-3H3. The number of benzene rings is 2. The number of thiazole rings is 1. The molecule has 2 aromatic heterocycles. The maximum Gasteiger partial charge on any atom is 0.260 e. The van der Waals surface area contributed by atoms with Crippen LogP contribution in [0, 0.1) is 0 Å².